The van der Waals surface area contributed by atoms with Crippen LogP contribution in [-0.4, -0.2) is 24.8 Å². The zero-order valence-corrected chi connectivity index (χ0v) is 11.3. The molecule has 1 aromatic rings. The first-order valence-electron chi connectivity index (χ1n) is 7.26. The van der Waals surface area contributed by atoms with Gasteiger partial charge in [-0.1, -0.05) is 24.3 Å². The Morgan fingerprint density at radius 2 is 2.00 bits per heavy atom. The predicted octanol–water partition coefficient (Wildman–Crippen LogP) is 3.52. The number of rotatable bonds is 2. The van der Waals surface area contributed by atoms with Crippen LogP contribution in [0.15, 0.2) is 24.3 Å². The minimum absolute atomic E-state index is 0.329. The van der Waals surface area contributed by atoms with E-state index in [1.807, 2.05) is 7.11 Å². The predicted molar refractivity (Wildman–Crippen MR) is 73.5 cm³/mol. The van der Waals surface area contributed by atoms with Gasteiger partial charge >= 0.3 is 0 Å². The normalized spacial score (nSPS) is 28.9. The Morgan fingerprint density at radius 1 is 1.11 bits per heavy atom. The number of aryl methyl sites for hydroxylation is 1. The quantitative estimate of drug-likeness (QED) is 0.790. The summed E-state index contributed by atoms with van der Waals surface area (Å²) in [4.78, 5) is 2.60. The van der Waals surface area contributed by atoms with Gasteiger partial charge in [-0.2, -0.15) is 0 Å². The van der Waals surface area contributed by atoms with Gasteiger partial charge in [0, 0.05) is 19.7 Å². The van der Waals surface area contributed by atoms with E-state index >= 15 is 0 Å². The minimum Gasteiger partial charge on any atom is -0.366 e. The first-order chi connectivity index (χ1) is 8.90. The van der Waals surface area contributed by atoms with Crippen molar-refractivity contribution in [3.8, 4) is 0 Å². The van der Waals surface area contributed by atoms with Crippen molar-refractivity contribution >= 4 is 0 Å². The van der Waals surface area contributed by atoms with Crippen molar-refractivity contribution in [1.29, 1.82) is 0 Å². The number of fused-ring (bicyclic) bond motifs is 1. The highest BCUT2D eigenvalue weighted by Gasteiger charge is 2.32. The zero-order valence-electron chi connectivity index (χ0n) is 11.3. The molecule has 1 aliphatic heterocycles. The Kier molecular flexibility index (Phi) is 3.67. The van der Waals surface area contributed by atoms with Gasteiger partial charge in [-0.05, 0) is 49.7 Å². The fraction of sp³-hybridized carbons (Fsp3) is 0.625. The summed E-state index contributed by atoms with van der Waals surface area (Å²) in [5, 5.41) is 0. The molecule has 2 nitrogen and oxygen atoms in total. The number of hydrogen-bond donors (Lipinski definition) is 0. The largest absolute Gasteiger partial charge is 0.366 e. The van der Waals surface area contributed by atoms with Crippen LogP contribution in [0.25, 0.3) is 0 Å². The lowest BCUT2D eigenvalue weighted by atomic mass is 9.86. The molecule has 1 saturated heterocycles. The molecular formula is C16H23NO. The van der Waals surface area contributed by atoms with Crippen molar-refractivity contribution in [2.45, 2.75) is 50.8 Å². The molecular weight excluding hydrogens is 222 g/mol. The Labute approximate surface area is 110 Å². The third-order valence-electron chi connectivity index (χ3n) is 4.50. The molecule has 2 atom stereocenters. The third kappa shape index (κ3) is 2.19. The Balaban J connectivity index is 1.88. The van der Waals surface area contributed by atoms with E-state index in [2.05, 4.69) is 29.2 Å². The first-order valence-corrected chi connectivity index (χ1v) is 7.26. The molecule has 18 heavy (non-hydrogen) atoms. The highest BCUT2D eigenvalue weighted by molar-refractivity contribution is 5.32. The van der Waals surface area contributed by atoms with Crippen LogP contribution in [-0.2, 0) is 11.2 Å². The number of methoxy groups -OCH3 is 1. The number of nitrogens with zero attached hydrogens (tertiary/aromatic N) is 1. The van der Waals surface area contributed by atoms with E-state index < -0.39 is 0 Å². The number of hydrogen-bond acceptors (Lipinski definition) is 2. The molecule has 0 N–H and O–H groups in total. The summed E-state index contributed by atoms with van der Waals surface area (Å²) in [6.07, 6.45) is 8.00. The standard InChI is InChI=1S/C16H23NO/c1-18-16-11-4-5-12-17(16)15-10-6-8-13-7-2-3-9-14(13)15/h2-3,7,9,15-16H,4-6,8,10-12H2,1H3. The van der Waals surface area contributed by atoms with E-state index in [1.165, 1.54) is 45.1 Å². The second-order valence-electron chi connectivity index (χ2n) is 5.53. The number of benzene rings is 1. The number of piperidine rings is 1. The topological polar surface area (TPSA) is 12.5 Å². The number of likely N-dealkylation sites (tertiary alicyclic amines) is 1. The second-order valence-corrected chi connectivity index (χ2v) is 5.53. The molecule has 0 radical (unpaired) electrons. The SMILES string of the molecule is COC1CCCCN1C1CCCc2ccccc21. The zero-order chi connectivity index (χ0) is 12.4. The van der Waals surface area contributed by atoms with Crippen molar-refractivity contribution < 1.29 is 4.74 Å². The molecule has 0 bridgehead atoms. The van der Waals surface area contributed by atoms with Gasteiger partial charge in [-0.25, -0.2) is 0 Å². The van der Waals surface area contributed by atoms with Gasteiger partial charge in [0.15, 0.2) is 0 Å². The Hall–Kier alpha value is -0.860. The van der Waals surface area contributed by atoms with Gasteiger partial charge in [0.2, 0.25) is 0 Å². The fourth-order valence-electron chi connectivity index (χ4n) is 3.61. The lowest BCUT2D eigenvalue weighted by Gasteiger charge is -2.42. The van der Waals surface area contributed by atoms with Gasteiger partial charge in [-0.15, -0.1) is 0 Å². The summed E-state index contributed by atoms with van der Waals surface area (Å²) < 4.78 is 5.70. The van der Waals surface area contributed by atoms with Crippen molar-refractivity contribution in [1.82, 2.24) is 4.90 Å². The average Bonchev–Trinajstić information content (AvgIpc) is 2.46. The molecule has 0 amide bonds. The van der Waals surface area contributed by atoms with Crippen LogP contribution in [0, 0.1) is 0 Å². The van der Waals surface area contributed by atoms with E-state index in [4.69, 9.17) is 4.74 Å². The van der Waals surface area contributed by atoms with Gasteiger partial charge < -0.3 is 4.74 Å². The smallest absolute Gasteiger partial charge is 0.110 e. The lowest BCUT2D eigenvalue weighted by Crippen LogP contribution is -2.44. The van der Waals surface area contributed by atoms with Crippen LogP contribution in [0.3, 0.4) is 0 Å². The molecule has 1 heterocycles. The molecule has 98 valence electrons. The first kappa shape index (κ1) is 12.2. The molecule has 1 fully saturated rings. The molecule has 0 spiro atoms. The van der Waals surface area contributed by atoms with Crippen LogP contribution in [0.2, 0.25) is 0 Å². The Morgan fingerprint density at radius 3 is 2.89 bits per heavy atom. The van der Waals surface area contributed by atoms with Crippen molar-refractivity contribution in [3.05, 3.63) is 35.4 Å². The van der Waals surface area contributed by atoms with Crippen molar-refractivity contribution in [3.63, 3.8) is 0 Å². The van der Waals surface area contributed by atoms with E-state index in [9.17, 15) is 0 Å². The van der Waals surface area contributed by atoms with Gasteiger partial charge in [0.1, 0.15) is 6.23 Å². The summed E-state index contributed by atoms with van der Waals surface area (Å²) in [7, 11) is 1.86. The molecule has 0 saturated carbocycles. The van der Waals surface area contributed by atoms with Crippen LogP contribution in [0.4, 0.5) is 0 Å². The number of ether oxygens (including phenoxy) is 1. The van der Waals surface area contributed by atoms with E-state index in [1.54, 1.807) is 11.1 Å². The Bertz CT molecular complexity index is 404. The van der Waals surface area contributed by atoms with Gasteiger partial charge in [0.25, 0.3) is 0 Å². The molecule has 1 aliphatic carbocycles. The van der Waals surface area contributed by atoms with E-state index in [0.29, 0.717) is 12.3 Å². The second kappa shape index (κ2) is 5.41. The maximum Gasteiger partial charge on any atom is 0.110 e. The summed E-state index contributed by atoms with van der Waals surface area (Å²) >= 11 is 0. The molecule has 0 aromatic heterocycles. The lowest BCUT2D eigenvalue weighted by molar-refractivity contribution is -0.0813. The van der Waals surface area contributed by atoms with Crippen LogP contribution in [0.1, 0.15) is 49.3 Å². The molecule has 2 unspecified atom stereocenters. The van der Waals surface area contributed by atoms with Crippen LogP contribution in [0.5, 0.6) is 0 Å². The highest BCUT2D eigenvalue weighted by Crippen LogP contribution is 2.37. The highest BCUT2D eigenvalue weighted by atomic mass is 16.5. The minimum atomic E-state index is 0.329. The maximum absolute atomic E-state index is 5.70. The van der Waals surface area contributed by atoms with Crippen LogP contribution < -0.4 is 0 Å². The summed E-state index contributed by atoms with van der Waals surface area (Å²) in [6.45, 7) is 1.19. The molecule has 1 aromatic carbocycles. The summed E-state index contributed by atoms with van der Waals surface area (Å²) in [5.41, 5.74) is 3.10. The monoisotopic (exact) mass is 245 g/mol. The van der Waals surface area contributed by atoms with Gasteiger partial charge in [-0.3, -0.25) is 4.90 Å². The molecule has 2 aliphatic rings. The molecule has 3 rings (SSSR count). The molecule has 2 heteroatoms. The van der Waals surface area contributed by atoms with Crippen molar-refractivity contribution in [2.24, 2.45) is 0 Å². The maximum atomic E-state index is 5.70. The summed E-state index contributed by atoms with van der Waals surface area (Å²) in [6, 6.07) is 9.56. The average molecular weight is 245 g/mol. The van der Waals surface area contributed by atoms with Gasteiger partial charge in [0.05, 0.1) is 0 Å². The fourth-order valence-corrected chi connectivity index (χ4v) is 3.61. The third-order valence-corrected chi connectivity index (χ3v) is 4.50. The van der Waals surface area contributed by atoms with Crippen molar-refractivity contribution in [2.75, 3.05) is 13.7 Å². The van der Waals surface area contributed by atoms with Crippen LogP contribution >= 0.6 is 0 Å². The summed E-state index contributed by atoms with van der Waals surface area (Å²) in [5.74, 6) is 0. The van der Waals surface area contributed by atoms with E-state index in [0.717, 1.165) is 0 Å². The van der Waals surface area contributed by atoms with E-state index in [-0.39, 0.29) is 0 Å².